The Morgan fingerprint density at radius 2 is 1.77 bits per heavy atom. The van der Waals surface area contributed by atoms with Gasteiger partial charge in [0.1, 0.15) is 30.3 Å². The van der Waals surface area contributed by atoms with Gasteiger partial charge in [-0.3, -0.25) is 24.0 Å². The van der Waals surface area contributed by atoms with E-state index >= 15 is 0 Å². The minimum Gasteiger partial charge on any atom is -0.448 e. The van der Waals surface area contributed by atoms with Crippen LogP contribution < -0.4 is 10.6 Å². The average molecular weight is 684 g/mol. The summed E-state index contributed by atoms with van der Waals surface area (Å²) in [6.45, 7) is 2.99. The number of amides is 3. The van der Waals surface area contributed by atoms with Gasteiger partial charge < -0.3 is 24.9 Å². The van der Waals surface area contributed by atoms with E-state index < -0.39 is 60.2 Å². The number of ether oxygens (including phenoxy) is 2. The van der Waals surface area contributed by atoms with E-state index in [0.29, 0.717) is 16.2 Å². The summed E-state index contributed by atoms with van der Waals surface area (Å²) in [7, 11) is 0. The van der Waals surface area contributed by atoms with E-state index in [1.807, 2.05) is 12.1 Å². The lowest BCUT2D eigenvalue weighted by molar-refractivity contribution is -0.260. The monoisotopic (exact) mass is 683 g/mol. The Bertz CT molecular complexity index is 1630. The molecule has 3 aromatic rings. The van der Waals surface area contributed by atoms with Crippen LogP contribution in [-0.2, 0) is 43.1 Å². The van der Waals surface area contributed by atoms with Crippen molar-refractivity contribution in [2.45, 2.75) is 50.7 Å². The van der Waals surface area contributed by atoms with E-state index in [1.54, 1.807) is 62.4 Å². The molecule has 5 rings (SSSR count). The Morgan fingerprint density at radius 3 is 2.34 bits per heavy atom. The standard InChI is InChI=1S/C31H30ClN5O9S/c1-18(2)46-36-25(22-17-47-30(34-22)35-23(38)15-32)27(40)33-21-16-43-37(28(21)41)31(14-13-24(39)45-31)29(42)44-26(19-9-5-3-6-10-19)20-11-7-4-8-12-20/h3-12,17-18,21,26H,13-16H2,1-2H3,(H,33,40)(H,34,35,38)/b36-25-/t21-,31?/m0/s1. The van der Waals surface area contributed by atoms with Gasteiger partial charge in [-0.1, -0.05) is 65.8 Å². The van der Waals surface area contributed by atoms with Crippen molar-refractivity contribution >= 4 is 63.4 Å². The predicted octanol–water partition coefficient (Wildman–Crippen LogP) is 3.07. The molecule has 0 saturated carbocycles. The van der Waals surface area contributed by atoms with E-state index in [9.17, 15) is 24.0 Å². The molecule has 47 heavy (non-hydrogen) atoms. The number of hydrogen-bond acceptors (Lipinski definition) is 12. The van der Waals surface area contributed by atoms with Crippen LogP contribution >= 0.6 is 22.9 Å². The van der Waals surface area contributed by atoms with Crippen molar-refractivity contribution in [3.05, 3.63) is 82.9 Å². The number of nitrogens with one attached hydrogen (secondary N) is 2. The first-order chi connectivity index (χ1) is 22.6. The second-order valence-electron chi connectivity index (χ2n) is 10.6. The fourth-order valence-corrected chi connectivity index (χ4v) is 5.49. The molecule has 2 atom stereocenters. The van der Waals surface area contributed by atoms with Gasteiger partial charge in [0.2, 0.25) is 5.91 Å². The Kier molecular flexibility index (Phi) is 10.5. The maximum atomic E-state index is 13.9. The lowest BCUT2D eigenvalue weighted by atomic mass is 10.0. The number of hydrogen-bond donors (Lipinski definition) is 2. The van der Waals surface area contributed by atoms with E-state index in [-0.39, 0.29) is 35.3 Å². The number of benzene rings is 2. The number of carbonyl (C=O) groups is 5. The quantitative estimate of drug-likeness (QED) is 0.125. The number of cyclic esters (lactones) is 1. The van der Waals surface area contributed by atoms with Crippen LogP contribution in [0.5, 0.6) is 0 Å². The van der Waals surface area contributed by atoms with Crippen LogP contribution in [0.25, 0.3) is 0 Å². The van der Waals surface area contributed by atoms with Crippen molar-refractivity contribution in [3.8, 4) is 0 Å². The molecule has 16 heteroatoms. The normalized spacial score (nSPS) is 19.6. The van der Waals surface area contributed by atoms with E-state index in [0.717, 1.165) is 11.3 Å². The molecule has 2 fully saturated rings. The maximum absolute atomic E-state index is 13.9. The number of anilines is 1. The fourth-order valence-electron chi connectivity index (χ4n) is 4.71. The number of rotatable bonds is 12. The number of carbonyl (C=O) groups excluding carboxylic acids is 5. The zero-order valence-corrected chi connectivity index (χ0v) is 26.8. The first-order valence-corrected chi connectivity index (χ1v) is 15.9. The highest BCUT2D eigenvalue weighted by molar-refractivity contribution is 7.14. The number of halogens is 1. The molecule has 0 spiro atoms. The van der Waals surface area contributed by atoms with E-state index in [4.69, 9.17) is 30.7 Å². The van der Waals surface area contributed by atoms with Crippen molar-refractivity contribution < 1.29 is 43.1 Å². The van der Waals surface area contributed by atoms with Gasteiger partial charge in [-0.15, -0.1) is 22.9 Å². The number of alkyl halides is 1. The van der Waals surface area contributed by atoms with Crippen LogP contribution in [-0.4, -0.2) is 75.8 Å². The van der Waals surface area contributed by atoms with Crippen molar-refractivity contribution in [2.24, 2.45) is 5.16 Å². The average Bonchev–Trinajstić information content (AvgIpc) is 3.80. The van der Waals surface area contributed by atoms with Gasteiger partial charge in [0.05, 0.1) is 6.42 Å². The molecule has 3 heterocycles. The van der Waals surface area contributed by atoms with Crippen LogP contribution in [0.15, 0.2) is 71.2 Å². The number of thiazole rings is 1. The third kappa shape index (κ3) is 7.59. The van der Waals surface area contributed by atoms with Crippen LogP contribution in [0, 0.1) is 0 Å². The van der Waals surface area contributed by atoms with E-state index in [1.165, 1.54) is 5.38 Å². The van der Waals surface area contributed by atoms with Crippen molar-refractivity contribution in [1.82, 2.24) is 15.4 Å². The first kappa shape index (κ1) is 33.5. The van der Waals surface area contributed by atoms with Gasteiger partial charge in [0.15, 0.2) is 16.9 Å². The molecule has 0 aliphatic carbocycles. The summed E-state index contributed by atoms with van der Waals surface area (Å²) in [5.74, 6) is -4.27. The zero-order valence-electron chi connectivity index (χ0n) is 25.2. The lowest BCUT2D eigenvalue weighted by Gasteiger charge is -2.34. The van der Waals surface area contributed by atoms with Crippen molar-refractivity contribution in [2.75, 3.05) is 17.8 Å². The minimum absolute atomic E-state index is 0.0545. The Morgan fingerprint density at radius 1 is 1.11 bits per heavy atom. The molecule has 1 aromatic heterocycles. The third-order valence-corrected chi connectivity index (χ3v) is 7.89. The van der Waals surface area contributed by atoms with Gasteiger partial charge >= 0.3 is 17.7 Å². The largest absolute Gasteiger partial charge is 0.448 e. The van der Waals surface area contributed by atoms with Gasteiger partial charge in [-0.25, -0.2) is 9.78 Å². The summed E-state index contributed by atoms with van der Waals surface area (Å²) in [6.07, 6.45) is -1.72. The molecule has 2 saturated heterocycles. The molecule has 2 N–H and O–H groups in total. The molecule has 0 radical (unpaired) electrons. The van der Waals surface area contributed by atoms with Crippen LogP contribution in [0.3, 0.4) is 0 Å². The van der Waals surface area contributed by atoms with Gasteiger partial charge in [0.25, 0.3) is 11.8 Å². The maximum Gasteiger partial charge on any atom is 0.376 e. The van der Waals surface area contributed by atoms with Gasteiger partial charge in [-0.2, -0.15) is 5.06 Å². The highest BCUT2D eigenvalue weighted by atomic mass is 35.5. The zero-order chi connectivity index (χ0) is 33.6. The highest BCUT2D eigenvalue weighted by Crippen LogP contribution is 2.37. The van der Waals surface area contributed by atoms with Crippen LogP contribution in [0.4, 0.5) is 5.13 Å². The second kappa shape index (κ2) is 14.7. The predicted molar refractivity (Wildman–Crippen MR) is 168 cm³/mol. The molecule has 14 nitrogen and oxygen atoms in total. The van der Waals surface area contributed by atoms with Gasteiger partial charge in [-0.05, 0) is 25.0 Å². The van der Waals surface area contributed by atoms with Gasteiger partial charge in [0, 0.05) is 11.8 Å². The molecular weight excluding hydrogens is 654 g/mol. The number of oxime groups is 1. The summed E-state index contributed by atoms with van der Waals surface area (Å²) >= 11 is 6.56. The summed E-state index contributed by atoms with van der Waals surface area (Å²) in [5, 5.41) is 11.2. The van der Waals surface area contributed by atoms with Crippen LogP contribution in [0.2, 0.25) is 0 Å². The Labute approximate surface area is 277 Å². The molecular formula is C31H30ClN5O9S. The summed E-state index contributed by atoms with van der Waals surface area (Å²) < 4.78 is 11.4. The summed E-state index contributed by atoms with van der Waals surface area (Å²) in [6, 6.07) is 16.6. The molecule has 2 aliphatic rings. The molecule has 2 aromatic carbocycles. The molecule has 0 bridgehead atoms. The number of aromatic nitrogens is 1. The Balaban J connectivity index is 1.36. The number of nitrogens with zero attached hydrogens (tertiary/aromatic N) is 3. The van der Waals surface area contributed by atoms with E-state index in [2.05, 4.69) is 20.8 Å². The lowest BCUT2D eigenvalue weighted by Crippen LogP contribution is -2.57. The number of esters is 2. The van der Waals surface area contributed by atoms with Crippen molar-refractivity contribution in [1.29, 1.82) is 0 Å². The number of hydroxylamine groups is 2. The fraction of sp³-hybridized carbons (Fsp3) is 0.323. The smallest absolute Gasteiger partial charge is 0.376 e. The molecule has 2 aliphatic heterocycles. The summed E-state index contributed by atoms with van der Waals surface area (Å²) in [4.78, 5) is 80.3. The highest BCUT2D eigenvalue weighted by Gasteiger charge is 2.60. The first-order valence-electron chi connectivity index (χ1n) is 14.5. The van der Waals surface area contributed by atoms with Crippen LogP contribution in [0.1, 0.15) is 49.6 Å². The minimum atomic E-state index is -2.24. The second-order valence-corrected chi connectivity index (χ2v) is 11.8. The summed E-state index contributed by atoms with van der Waals surface area (Å²) in [5.41, 5.74) is -1.18. The van der Waals surface area contributed by atoms with Crippen molar-refractivity contribution in [3.63, 3.8) is 0 Å². The molecule has 246 valence electrons. The molecule has 1 unspecified atom stereocenters. The third-order valence-electron chi connectivity index (χ3n) is 6.89. The topological polar surface area (TPSA) is 175 Å². The Hall–Kier alpha value is -4.86. The molecule has 3 amide bonds. The SMILES string of the molecule is CC(C)O/N=C(\C(=O)N[C@H]1CON(C2(C(=O)OC(c3ccccc3)c3ccccc3)CCC(=O)O2)C1=O)c1csc(NC(=O)CCl)n1.